The molecule has 0 N–H and O–H groups in total. The summed E-state index contributed by atoms with van der Waals surface area (Å²) in [6.07, 6.45) is 0.761. The van der Waals surface area contributed by atoms with E-state index < -0.39 is 0 Å². The molecule has 0 aliphatic carbocycles. The zero-order valence-electron chi connectivity index (χ0n) is 18.0. The van der Waals surface area contributed by atoms with E-state index in [1.807, 2.05) is 27.7 Å². The third-order valence-electron chi connectivity index (χ3n) is 5.61. The van der Waals surface area contributed by atoms with Crippen molar-refractivity contribution in [3.8, 4) is 11.5 Å². The molecule has 30 heavy (non-hydrogen) atoms. The summed E-state index contributed by atoms with van der Waals surface area (Å²) < 4.78 is 15.5. The zero-order valence-corrected chi connectivity index (χ0v) is 18.0. The molecule has 4 rings (SSSR count). The lowest BCUT2D eigenvalue weighted by molar-refractivity contribution is 0.395. The molecule has 0 bridgehead atoms. The Labute approximate surface area is 174 Å². The van der Waals surface area contributed by atoms with Gasteiger partial charge in [-0.15, -0.1) is 0 Å². The standard InChI is InChI=1S/C21H27N5O4/c1-13(2)8-9-26-19(27)17-18(23(3)21(26)28)22-20-24(10-11-25(17)20)15-7-6-14(29-4)12-16(15)30-5/h6-7,12-13H,8-11H2,1-5H3. The van der Waals surface area contributed by atoms with Crippen LogP contribution in [-0.4, -0.2) is 39.4 Å². The lowest BCUT2D eigenvalue weighted by Gasteiger charge is -2.19. The fourth-order valence-corrected chi connectivity index (χ4v) is 3.90. The van der Waals surface area contributed by atoms with Gasteiger partial charge in [-0.2, -0.15) is 4.98 Å². The topological polar surface area (TPSA) is 83.5 Å². The third-order valence-corrected chi connectivity index (χ3v) is 5.61. The summed E-state index contributed by atoms with van der Waals surface area (Å²) in [5, 5.41) is 0. The molecule has 3 aromatic rings. The fraction of sp³-hybridized carbons (Fsp3) is 0.476. The zero-order chi connectivity index (χ0) is 21.6. The number of ether oxygens (including phenoxy) is 2. The van der Waals surface area contributed by atoms with Gasteiger partial charge in [-0.1, -0.05) is 13.8 Å². The molecule has 160 valence electrons. The van der Waals surface area contributed by atoms with E-state index in [1.54, 1.807) is 21.3 Å². The largest absolute Gasteiger partial charge is 0.497 e. The molecule has 0 unspecified atom stereocenters. The first-order valence-corrected chi connectivity index (χ1v) is 10.1. The van der Waals surface area contributed by atoms with Gasteiger partial charge in [0.1, 0.15) is 11.5 Å². The molecule has 0 radical (unpaired) electrons. The quantitative estimate of drug-likeness (QED) is 0.616. The molecular formula is C21H27N5O4. The van der Waals surface area contributed by atoms with Crippen LogP contribution < -0.4 is 25.6 Å². The van der Waals surface area contributed by atoms with E-state index in [9.17, 15) is 9.59 Å². The Morgan fingerprint density at radius 1 is 1.13 bits per heavy atom. The molecule has 1 aliphatic heterocycles. The summed E-state index contributed by atoms with van der Waals surface area (Å²) in [7, 11) is 4.87. The van der Waals surface area contributed by atoms with Crippen LogP contribution in [0.3, 0.4) is 0 Å². The maximum Gasteiger partial charge on any atom is 0.332 e. The van der Waals surface area contributed by atoms with Crippen molar-refractivity contribution in [3.05, 3.63) is 39.0 Å². The van der Waals surface area contributed by atoms with Crippen molar-refractivity contribution in [1.82, 2.24) is 18.7 Å². The van der Waals surface area contributed by atoms with Gasteiger partial charge < -0.3 is 18.9 Å². The average Bonchev–Trinajstić information content (AvgIpc) is 3.30. The minimum atomic E-state index is -0.335. The van der Waals surface area contributed by atoms with E-state index in [1.165, 1.54) is 9.13 Å². The molecule has 2 aromatic heterocycles. The van der Waals surface area contributed by atoms with Gasteiger partial charge in [0.25, 0.3) is 5.56 Å². The van der Waals surface area contributed by atoms with Crippen molar-refractivity contribution in [2.45, 2.75) is 33.4 Å². The number of aromatic nitrogens is 4. The van der Waals surface area contributed by atoms with Crippen molar-refractivity contribution < 1.29 is 9.47 Å². The predicted molar refractivity (Wildman–Crippen MR) is 115 cm³/mol. The maximum atomic E-state index is 13.2. The highest BCUT2D eigenvalue weighted by Crippen LogP contribution is 2.39. The summed E-state index contributed by atoms with van der Waals surface area (Å²) in [6, 6.07) is 5.58. The molecule has 9 heteroatoms. The Morgan fingerprint density at radius 3 is 2.57 bits per heavy atom. The van der Waals surface area contributed by atoms with Gasteiger partial charge in [0.05, 0.1) is 19.9 Å². The molecule has 0 saturated carbocycles. The van der Waals surface area contributed by atoms with Crippen molar-refractivity contribution in [2.75, 3.05) is 25.7 Å². The van der Waals surface area contributed by atoms with E-state index >= 15 is 0 Å². The van der Waals surface area contributed by atoms with Crippen LogP contribution in [0.25, 0.3) is 11.2 Å². The first-order valence-electron chi connectivity index (χ1n) is 10.1. The van der Waals surface area contributed by atoms with Crippen LogP contribution in [0, 0.1) is 5.92 Å². The molecule has 0 spiro atoms. The van der Waals surface area contributed by atoms with Crippen molar-refractivity contribution in [1.29, 1.82) is 0 Å². The van der Waals surface area contributed by atoms with Crippen LogP contribution in [0.5, 0.6) is 11.5 Å². The number of rotatable bonds is 6. The van der Waals surface area contributed by atoms with Gasteiger partial charge >= 0.3 is 5.69 Å². The Bertz CT molecular complexity index is 1220. The van der Waals surface area contributed by atoms with Gasteiger partial charge in [0.15, 0.2) is 11.2 Å². The van der Waals surface area contributed by atoms with Crippen LogP contribution in [0.2, 0.25) is 0 Å². The second kappa shape index (κ2) is 7.55. The molecule has 1 aromatic carbocycles. The average molecular weight is 413 g/mol. The lowest BCUT2D eigenvalue weighted by atomic mass is 10.1. The molecular weight excluding hydrogens is 386 g/mol. The van der Waals surface area contributed by atoms with Gasteiger partial charge in [0, 0.05) is 32.7 Å². The summed E-state index contributed by atoms with van der Waals surface area (Å²) >= 11 is 0. The highest BCUT2D eigenvalue weighted by Gasteiger charge is 2.30. The Hall–Kier alpha value is -3.23. The SMILES string of the molecule is COc1ccc(N2CCn3c2nc2c3c(=O)n(CCC(C)C)c(=O)n2C)c(OC)c1. The van der Waals surface area contributed by atoms with Crippen molar-refractivity contribution in [2.24, 2.45) is 13.0 Å². The van der Waals surface area contributed by atoms with Crippen LogP contribution in [0.1, 0.15) is 20.3 Å². The monoisotopic (exact) mass is 413 g/mol. The number of hydrogen-bond acceptors (Lipinski definition) is 6. The van der Waals surface area contributed by atoms with Crippen molar-refractivity contribution in [3.63, 3.8) is 0 Å². The van der Waals surface area contributed by atoms with E-state index in [2.05, 4.69) is 18.8 Å². The Balaban J connectivity index is 1.87. The third kappa shape index (κ3) is 3.05. The van der Waals surface area contributed by atoms with Crippen molar-refractivity contribution >= 4 is 22.8 Å². The summed E-state index contributed by atoms with van der Waals surface area (Å²) in [5.41, 5.74) is 1.08. The molecule has 0 amide bonds. The van der Waals surface area contributed by atoms with E-state index in [0.29, 0.717) is 54.2 Å². The molecule has 1 aliphatic rings. The maximum absolute atomic E-state index is 13.2. The predicted octanol–water partition coefficient (Wildman–Crippen LogP) is 2.11. The van der Waals surface area contributed by atoms with Gasteiger partial charge in [-0.3, -0.25) is 13.9 Å². The fourth-order valence-electron chi connectivity index (χ4n) is 3.90. The second-order valence-corrected chi connectivity index (χ2v) is 7.91. The highest BCUT2D eigenvalue weighted by molar-refractivity contribution is 5.79. The summed E-state index contributed by atoms with van der Waals surface area (Å²) in [4.78, 5) is 32.7. The van der Waals surface area contributed by atoms with Crippen LogP contribution in [-0.2, 0) is 20.1 Å². The summed E-state index contributed by atoms with van der Waals surface area (Å²) in [6.45, 7) is 5.79. The number of nitrogens with zero attached hydrogens (tertiary/aromatic N) is 5. The van der Waals surface area contributed by atoms with E-state index in [-0.39, 0.29) is 11.2 Å². The smallest absolute Gasteiger partial charge is 0.332 e. The number of methoxy groups -OCH3 is 2. The first-order chi connectivity index (χ1) is 14.4. The Morgan fingerprint density at radius 2 is 1.90 bits per heavy atom. The van der Waals surface area contributed by atoms with Crippen LogP contribution in [0.15, 0.2) is 27.8 Å². The Kier molecular flexibility index (Phi) is 5.05. The van der Waals surface area contributed by atoms with Crippen LogP contribution in [0.4, 0.5) is 11.6 Å². The van der Waals surface area contributed by atoms with Gasteiger partial charge in [-0.05, 0) is 24.5 Å². The second-order valence-electron chi connectivity index (χ2n) is 7.91. The molecule has 0 fully saturated rings. The lowest BCUT2D eigenvalue weighted by Crippen LogP contribution is -2.40. The minimum Gasteiger partial charge on any atom is -0.497 e. The molecule has 0 atom stereocenters. The number of aryl methyl sites for hydroxylation is 1. The van der Waals surface area contributed by atoms with Crippen LogP contribution >= 0.6 is 0 Å². The van der Waals surface area contributed by atoms with E-state index in [4.69, 9.17) is 9.47 Å². The molecule has 9 nitrogen and oxygen atoms in total. The van der Waals surface area contributed by atoms with Gasteiger partial charge in [0.2, 0.25) is 5.95 Å². The number of fused-ring (bicyclic) bond motifs is 3. The summed E-state index contributed by atoms with van der Waals surface area (Å²) in [5.74, 6) is 2.37. The highest BCUT2D eigenvalue weighted by atomic mass is 16.5. The number of hydrogen-bond donors (Lipinski definition) is 0. The number of benzene rings is 1. The number of imidazole rings is 1. The number of anilines is 2. The van der Waals surface area contributed by atoms with Gasteiger partial charge in [-0.25, -0.2) is 4.79 Å². The molecule has 0 saturated heterocycles. The first kappa shape index (κ1) is 20.1. The van der Waals surface area contributed by atoms with E-state index in [0.717, 1.165) is 12.1 Å². The molecule has 3 heterocycles. The normalized spacial score (nSPS) is 13.3. The minimum absolute atomic E-state index is 0.281.